The molecule has 1 amide bonds. The number of nitro benzene ring substituents is 1. The highest BCUT2D eigenvalue weighted by Crippen LogP contribution is 2.23. The van der Waals surface area contributed by atoms with E-state index < -0.39 is 44.9 Å². The molecule has 2 aromatic carbocycles. The molecule has 0 spiro atoms. The molecule has 1 N–H and O–H groups in total. The van der Waals surface area contributed by atoms with Gasteiger partial charge in [0.05, 0.1) is 27.6 Å². The van der Waals surface area contributed by atoms with Crippen molar-refractivity contribution in [2.45, 2.75) is 31.0 Å². The van der Waals surface area contributed by atoms with Crippen LogP contribution in [-0.2, 0) is 24.3 Å². The molecule has 1 aliphatic heterocycles. The van der Waals surface area contributed by atoms with Crippen molar-refractivity contribution in [2.24, 2.45) is 0 Å². The first-order chi connectivity index (χ1) is 16.0. The Balaban J connectivity index is 1.59. The molecule has 2 aromatic rings. The molecule has 1 aliphatic rings. The zero-order chi connectivity index (χ0) is 25.0. The molecule has 182 valence electrons. The Kier molecular flexibility index (Phi) is 7.59. The van der Waals surface area contributed by atoms with Gasteiger partial charge in [-0.05, 0) is 50.2 Å². The minimum absolute atomic E-state index is 0.000923. The first-order valence-electron chi connectivity index (χ1n) is 10.1. The van der Waals surface area contributed by atoms with E-state index in [0.29, 0.717) is 0 Å². The second-order valence-corrected chi connectivity index (χ2v) is 9.59. The summed E-state index contributed by atoms with van der Waals surface area (Å²) in [7, 11) is -3.78. The van der Waals surface area contributed by atoms with E-state index in [1.54, 1.807) is 13.8 Å². The van der Waals surface area contributed by atoms with Crippen LogP contribution in [0.2, 0.25) is 0 Å². The van der Waals surface area contributed by atoms with Crippen LogP contribution < -0.4 is 5.32 Å². The second kappa shape index (κ2) is 10.2. The van der Waals surface area contributed by atoms with Gasteiger partial charge in [-0.2, -0.15) is 8.70 Å². The van der Waals surface area contributed by atoms with E-state index in [4.69, 9.17) is 9.47 Å². The summed E-state index contributed by atoms with van der Waals surface area (Å²) in [6.07, 6.45) is -0.500. The number of nitrogens with one attached hydrogen (secondary N) is 1. The van der Waals surface area contributed by atoms with E-state index in [1.807, 2.05) is 0 Å². The van der Waals surface area contributed by atoms with Crippen molar-refractivity contribution in [1.29, 1.82) is 0 Å². The molecule has 1 fully saturated rings. The van der Waals surface area contributed by atoms with Crippen molar-refractivity contribution in [3.05, 3.63) is 64.0 Å². The molecule has 0 aromatic heterocycles. The molecule has 0 saturated carbocycles. The molecule has 0 radical (unpaired) electrons. The number of esters is 1. The van der Waals surface area contributed by atoms with Gasteiger partial charge in [-0.15, -0.1) is 0 Å². The van der Waals surface area contributed by atoms with Crippen LogP contribution in [0.5, 0.6) is 0 Å². The molecule has 11 nitrogen and oxygen atoms in total. The van der Waals surface area contributed by atoms with Crippen molar-refractivity contribution < 1.29 is 36.8 Å². The first-order valence-corrected chi connectivity index (χ1v) is 11.6. The second-order valence-electron chi connectivity index (χ2n) is 7.65. The van der Waals surface area contributed by atoms with E-state index in [1.165, 1.54) is 28.6 Å². The van der Waals surface area contributed by atoms with Crippen molar-refractivity contribution in [1.82, 2.24) is 4.31 Å². The van der Waals surface area contributed by atoms with Gasteiger partial charge < -0.3 is 14.8 Å². The average Bonchev–Trinajstić information content (AvgIpc) is 2.78. The van der Waals surface area contributed by atoms with Crippen LogP contribution in [0.1, 0.15) is 24.2 Å². The summed E-state index contributed by atoms with van der Waals surface area (Å²) in [5.41, 5.74) is -0.839. The highest BCUT2D eigenvalue weighted by molar-refractivity contribution is 7.89. The minimum Gasteiger partial charge on any atom is -0.452 e. The van der Waals surface area contributed by atoms with Gasteiger partial charge in [-0.1, -0.05) is 0 Å². The zero-order valence-corrected chi connectivity index (χ0v) is 19.1. The first kappa shape index (κ1) is 25.2. The molecule has 13 heteroatoms. The number of rotatable bonds is 7. The number of nitrogens with zero attached hydrogens (tertiary/aromatic N) is 2. The van der Waals surface area contributed by atoms with Crippen molar-refractivity contribution in [2.75, 3.05) is 25.0 Å². The third-order valence-corrected chi connectivity index (χ3v) is 6.72. The molecule has 0 bridgehead atoms. The lowest BCUT2D eigenvalue weighted by Crippen LogP contribution is -2.48. The van der Waals surface area contributed by atoms with E-state index in [-0.39, 0.29) is 41.4 Å². The number of hydrogen-bond donors (Lipinski definition) is 1. The minimum atomic E-state index is -3.78. The number of carbonyl (C=O) groups excluding carboxylic acids is 2. The summed E-state index contributed by atoms with van der Waals surface area (Å²) in [6, 6.07) is 7.87. The quantitative estimate of drug-likeness (QED) is 0.350. The maximum absolute atomic E-state index is 13.4. The van der Waals surface area contributed by atoms with Gasteiger partial charge in [0.1, 0.15) is 0 Å². The molecular weight excluding hydrogens is 473 g/mol. The third kappa shape index (κ3) is 5.92. The van der Waals surface area contributed by atoms with Crippen LogP contribution >= 0.6 is 0 Å². The average molecular weight is 495 g/mol. The van der Waals surface area contributed by atoms with Crippen molar-refractivity contribution >= 4 is 33.3 Å². The van der Waals surface area contributed by atoms with Crippen molar-refractivity contribution in [3.8, 4) is 0 Å². The number of ether oxygens (including phenoxy) is 2. The molecular formula is C21H22FN3O8S. The predicted octanol–water partition coefficient (Wildman–Crippen LogP) is 2.33. The largest absolute Gasteiger partial charge is 0.452 e. The van der Waals surface area contributed by atoms with Gasteiger partial charge in [-0.3, -0.25) is 14.9 Å². The summed E-state index contributed by atoms with van der Waals surface area (Å²) in [6.45, 7) is 3.27. The lowest BCUT2D eigenvalue weighted by Gasteiger charge is -2.34. The summed E-state index contributed by atoms with van der Waals surface area (Å²) in [5.74, 6) is -2.74. The van der Waals surface area contributed by atoms with Crippen LogP contribution in [0.3, 0.4) is 0 Å². The Morgan fingerprint density at radius 3 is 2.38 bits per heavy atom. The molecule has 1 heterocycles. The molecule has 0 aliphatic carbocycles. The Morgan fingerprint density at radius 2 is 1.79 bits per heavy atom. The molecule has 1 saturated heterocycles. The van der Waals surface area contributed by atoms with Gasteiger partial charge in [0.2, 0.25) is 15.8 Å². The Labute approximate surface area is 194 Å². The van der Waals surface area contributed by atoms with Gasteiger partial charge in [0, 0.05) is 24.8 Å². The molecule has 2 unspecified atom stereocenters. The Hall–Kier alpha value is -3.42. The summed E-state index contributed by atoms with van der Waals surface area (Å²) in [5, 5.41) is 13.0. The van der Waals surface area contributed by atoms with E-state index in [2.05, 4.69) is 5.32 Å². The fraction of sp³-hybridized carbons (Fsp3) is 0.333. The maximum Gasteiger partial charge on any atom is 0.338 e. The van der Waals surface area contributed by atoms with E-state index in [9.17, 15) is 32.5 Å². The fourth-order valence-electron chi connectivity index (χ4n) is 3.38. The summed E-state index contributed by atoms with van der Waals surface area (Å²) < 4.78 is 50.9. The Bertz CT molecular complexity index is 1190. The molecule has 3 rings (SSSR count). The maximum atomic E-state index is 13.4. The third-order valence-electron chi connectivity index (χ3n) is 4.87. The number of nitro groups is 1. The van der Waals surface area contributed by atoms with Gasteiger partial charge >= 0.3 is 11.7 Å². The standard InChI is InChI=1S/C21H22FN3O8S/c1-13-10-24(11-14(2)33-13)34(30,31)17-6-3-15(4-7-17)21(27)32-12-20(26)23-16-5-8-18(22)19(9-16)25(28)29/h3-9,13-14H,10-12H2,1-2H3,(H,23,26). The van der Waals surface area contributed by atoms with Gasteiger partial charge in [-0.25, -0.2) is 13.2 Å². The zero-order valence-electron chi connectivity index (χ0n) is 18.3. The van der Waals surface area contributed by atoms with E-state index in [0.717, 1.165) is 18.2 Å². The number of benzene rings is 2. The van der Waals surface area contributed by atoms with Crippen LogP contribution in [0, 0.1) is 15.9 Å². The lowest BCUT2D eigenvalue weighted by atomic mass is 10.2. The number of morpholine rings is 1. The predicted molar refractivity (Wildman–Crippen MR) is 117 cm³/mol. The summed E-state index contributed by atoms with van der Waals surface area (Å²) >= 11 is 0. The Morgan fingerprint density at radius 1 is 1.18 bits per heavy atom. The monoisotopic (exact) mass is 495 g/mol. The normalized spacial score (nSPS) is 18.8. The van der Waals surface area contributed by atoms with Gasteiger partial charge in [0.25, 0.3) is 5.91 Å². The van der Waals surface area contributed by atoms with Crippen LogP contribution in [0.25, 0.3) is 0 Å². The van der Waals surface area contributed by atoms with Crippen LogP contribution in [0.4, 0.5) is 15.8 Å². The highest BCUT2D eigenvalue weighted by atomic mass is 32.2. The smallest absolute Gasteiger partial charge is 0.338 e. The van der Waals surface area contributed by atoms with Gasteiger partial charge in [0.15, 0.2) is 6.61 Å². The number of anilines is 1. The number of hydrogen-bond acceptors (Lipinski definition) is 8. The van der Waals surface area contributed by atoms with Crippen LogP contribution in [0.15, 0.2) is 47.4 Å². The topological polar surface area (TPSA) is 145 Å². The lowest BCUT2D eigenvalue weighted by molar-refractivity contribution is -0.387. The number of carbonyl (C=O) groups is 2. The van der Waals surface area contributed by atoms with Crippen molar-refractivity contribution in [3.63, 3.8) is 0 Å². The molecule has 34 heavy (non-hydrogen) atoms. The fourth-order valence-corrected chi connectivity index (χ4v) is 4.97. The SMILES string of the molecule is CC1CN(S(=O)(=O)c2ccc(C(=O)OCC(=O)Nc3ccc(F)c([N+](=O)[O-])c3)cc2)CC(C)O1. The number of sulfonamides is 1. The highest BCUT2D eigenvalue weighted by Gasteiger charge is 2.32. The van der Waals surface area contributed by atoms with Crippen LogP contribution in [-0.4, -0.2) is 61.4 Å². The van der Waals surface area contributed by atoms with E-state index >= 15 is 0 Å². The number of halogens is 1. The summed E-state index contributed by atoms with van der Waals surface area (Å²) in [4.78, 5) is 34.0. The molecule has 2 atom stereocenters. The number of amides is 1.